The van der Waals surface area contributed by atoms with Crippen LogP contribution in [-0.2, 0) is 4.79 Å². The zero-order valence-corrected chi connectivity index (χ0v) is 13.3. The molecule has 116 valence electrons. The molecule has 1 aliphatic rings. The number of ether oxygens (including phenoxy) is 1. The summed E-state index contributed by atoms with van der Waals surface area (Å²) in [5.41, 5.74) is 1.85. The number of amides is 1. The van der Waals surface area contributed by atoms with Crippen molar-refractivity contribution < 1.29 is 9.53 Å². The molecule has 1 aromatic heterocycles. The maximum Gasteiger partial charge on any atom is 0.317 e. The Hall–Kier alpha value is -1.65. The van der Waals surface area contributed by atoms with Crippen molar-refractivity contribution in [1.29, 1.82) is 0 Å². The van der Waals surface area contributed by atoms with Crippen molar-refractivity contribution in [3.63, 3.8) is 0 Å². The van der Waals surface area contributed by atoms with Gasteiger partial charge < -0.3 is 10.1 Å². The van der Waals surface area contributed by atoms with Gasteiger partial charge in [-0.3, -0.25) is 4.79 Å². The van der Waals surface area contributed by atoms with Gasteiger partial charge in [0.05, 0.1) is 0 Å². The number of hydrogen-bond donors (Lipinski definition) is 1. The Morgan fingerprint density at radius 3 is 2.29 bits per heavy atom. The lowest BCUT2D eigenvalue weighted by atomic mass is 9.92. The molecule has 1 heterocycles. The van der Waals surface area contributed by atoms with Gasteiger partial charge in [0.2, 0.25) is 5.91 Å². The fourth-order valence-electron chi connectivity index (χ4n) is 2.59. The van der Waals surface area contributed by atoms with Crippen molar-refractivity contribution in [3.8, 4) is 6.01 Å². The van der Waals surface area contributed by atoms with Crippen molar-refractivity contribution in [2.24, 2.45) is 5.92 Å². The third-order valence-corrected chi connectivity index (χ3v) is 3.78. The third-order valence-electron chi connectivity index (χ3n) is 3.78. The molecule has 5 nitrogen and oxygen atoms in total. The minimum Gasteiger partial charge on any atom is -0.460 e. The summed E-state index contributed by atoms with van der Waals surface area (Å²) in [5.74, 6) is 0.180. The highest BCUT2D eigenvalue weighted by atomic mass is 16.5. The van der Waals surface area contributed by atoms with Crippen molar-refractivity contribution in [2.45, 2.75) is 65.5 Å². The summed E-state index contributed by atoms with van der Waals surface area (Å²) >= 11 is 0. The molecule has 21 heavy (non-hydrogen) atoms. The van der Waals surface area contributed by atoms with E-state index in [9.17, 15) is 4.79 Å². The van der Waals surface area contributed by atoms with Crippen LogP contribution < -0.4 is 10.1 Å². The topological polar surface area (TPSA) is 64.1 Å². The Balaban J connectivity index is 1.82. The van der Waals surface area contributed by atoms with Gasteiger partial charge in [0.25, 0.3) is 0 Å². The van der Waals surface area contributed by atoms with Gasteiger partial charge in [-0.15, -0.1) is 0 Å². The first-order valence-corrected chi connectivity index (χ1v) is 7.73. The van der Waals surface area contributed by atoms with Gasteiger partial charge in [0.15, 0.2) is 0 Å². The van der Waals surface area contributed by atoms with Gasteiger partial charge in [-0.2, -0.15) is 0 Å². The minimum atomic E-state index is 0.0441. The maximum absolute atomic E-state index is 11.7. The van der Waals surface area contributed by atoms with E-state index in [2.05, 4.69) is 15.3 Å². The van der Waals surface area contributed by atoms with Crippen LogP contribution in [0.25, 0.3) is 0 Å². The second kappa shape index (κ2) is 6.87. The summed E-state index contributed by atoms with van der Waals surface area (Å²) in [5, 5.41) is 3.10. The first kappa shape index (κ1) is 15.7. The summed E-state index contributed by atoms with van der Waals surface area (Å²) in [7, 11) is 0. The number of hydrogen-bond acceptors (Lipinski definition) is 4. The lowest BCUT2D eigenvalue weighted by Gasteiger charge is -2.29. The third kappa shape index (κ3) is 4.69. The minimum absolute atomic E-state index is 0.0441. The maximum atomic E-state index is 11.7. The van der Waals surface area contributed by atoms with Crippen LogP contribution >= 0.6 is 0 Å². The zero-order valence-electron chi connectivity index (χ0n) is 13.3. The SMILES string of the molecule is Cc1cc(C)nc(OC2CCC(NC(=O)C(C)C)CC2)n1. The quantitative estimate of drug-likeness (QED) is 0.926. The molecule has 0 saturated heterocycles. The highest BCUT2D eigenvalue weighted by molar-refractivity contribution is 5.78. The predicted molar refractivity (Wildman–Crippen MR) is 81.2 cm³/mol. The van der Waals surface area contributed by atoms with Gasteiger partial charge >= 0.3 is 6.01 Å². The monoisotopic (exact) mass is 291 g/mol. The summed E-state index contributed by atoms with van der Waals surface area (Å²) < 4.78 is 5.88. The average molecular weight is 291 g/mol. The molecule has 1 amide bonds. The van der Waals surface area contributed by atoms with E-state index in [0.717, 1.165) is 37.1 Å². The second-order valence-corrected chi connectivity index (χ2v) is 6.19. The Kier molecular flexibility index (Phi) is 5.15. The molecule has 0 radical (unpaired) electrons. The number of aryl methyl sites for hydroxylation is 2. The number of carbonyl (C=O) groups excluding carboxylic acids is 1. The highest BCUT2D eigenvalue weighted by Gasteiger charge is 2.24. The van der Waals surface area contributed by atoms with E-state index in [1.54, 1.807) is 0 Å². The van der Waals surface area contributed by atoms with Gasteiger partial charge in [0, 0.05) is 23.3 Å². The standard InChI is InChI=1S/C16H25N3O2/c1-10(2)15(20)19-13-5-7-14(8-6-13)21-16-17-11(3)9-12(4)18-16/h9-10,13-14H,5-8H2,1-4H3,(H,19,20). The Morgan fingerprint density at radius 1 is 1.19 bits per heavy atom. The number of aromatic nitrogens is 2. The molecule has 1 aliphatic carbocycles. The van der Waals surface area contributed by atoms with E-state index in [1.165, 1.54) is 0 Å². The molecule has 0 aromatic carbocycles. The van der Waals surface area contributed by atoms with Gasteiger partial charge in [0.1, 0.15) is 6.10 Å². The van der Waals surface area contributed by atoms with E-state index in [4.69, 9.17) is 4.74 Å². The second-order valence-electron chi connectivity index (χ2n) is 6.19. The summed E-state index contributed by atoms with van der Waals surface area (Å²) in [4.78, 5) is 20.3. The Labute approximate surface area is 126 Å². The van der Waals surface area contributed by atoms with Crippen LogP contribution in [0.2, 0.25) is 0 Å². The number of nitrogens with zero attached hydrogens (tertiary/aromatic N) is 2. The van der Waals surface area contributed by atoms with Crippen LogP contribution in [0.1, 0.15) is 50.9 Å². The van der Waals surface area contributed by atoms with E-state index in [1.807, 2.05) is 33.8 Å². The predicted octanol–water partition coefficient (Wildman–Crippen LogP) is 2.56. The molecule has 5 heteroatoms. The van der Waals surface area contributed by atoms with Crippen molar-refractivity contribution in [2.75, 3.05) is 0 Å². The van der Waals surface area contributed by atoms with E-state index < -0.39 is 0 Å². The molecule has 0 spiro atoms. The molecule has 2 rings (SSSR count). The summed E-state index contributed by atoms with van der Waals surface area (Å²) in [6.07, 6.45) is 3.92. The molecular formula is C16H25N3O2. The smallest absolute Gasteiger partial charge is 0.317 e. The first-order chi connectivity index (χ1) is 9.94. The summed E-state index contributed by atoms with van der Waals surface area (Å²) in [6, 6.07) is 2.69. The van der Waals surface area contributed by atoms with Crippen LogP contribution in [0, 0.1) is 19.8 Å². The molecule has 0 aliphatic heterocycles. The van der Waals surface area contributed by atoms with Gasteiger partial charge in [-0.1, -0.05) is 13.8 Å². The van der Waals surface area contributed by atoms with Crippen LogP contribution in [0.4, 0.5) is 0 Å². The van der Waals surface area contributed by atoms with Crippen molar-refractivity contribution >= 4 is 5.91 Å². The molecular weight excluding hydrogens is 266 g/mol. The largest absolute Gasteiger partial charge is 0.460 e. The van der Waals surface area contributed by atoms with Crippen LogP contribution in [0.15, 0.2) is 6.07 Å². The molecule has 1 fully saturated rings. The number of nitrogens with one attached hydrogen (secondary N) is 1. The average Bonchev–Trinajstić information content (AvgIpc) is 2.39. The number of rotatable bonds is 4. The molecule has 0 unspecified atom stereocenters. The van der Waals surface area contributed by atoms with Crippen LogP contribution in [-0.4, -0.2) is 28.0 Å². The normalized spacial score (nSPS) is 22.1. The van der Waals surface area contributed by atoms with Crippen LogP contribution in [0.3, 0.4) is 0 Å². The lowest BCUT2D eigenvalue weighted by Crippen LogP contribution is -2.41. The van der Waals surface area contributed by atoms with E-state index in [-0.39, 0.29) is 24.0 Å². The first-order valence-electron chi connectivity index (χ1n) is 7.73. The Morgan fingerprint density at radius 2 is 1.76 bits per heavy atom. The molecule has 1 N–H and O–H groups in total. The fourth-order valence-corrected chi connectivity index (χ4v) is 2.59. The van der Waals surface area contributed by atoms with Crippen molar-refractivity contribution in [1.82, 2.24) is 15.3 Å². The number of carbonyl (C=O) groups is 1. The van der Waals surface area contributed by atoms with Crippen molar-refractivity contribution in [3.05, 3.63) is 17.5 Å². The van der Waals surface area contributed by atoms with Crippen LogP contribution in [0.5, 0.6) is 6.01 Å². The van der Waals surface area contributed by atoms with E-state index >= 15 is 0 Å². The summed E-state index contributed by atoms with van der Waals surface area (Å²) in [6.45, 7) is 7.72. The molecule has 1 aromatic rings. The molecule has 1 saturated carbocycles. The Bertz CT molecular complexity index is 474. The highest BCUT2D eigenvalue weighted by Crippen LogP contribution is 2.22. The fraction of sp³-hybridized carbons (Fsp3) is 0.688. The van der Waals surface area contributed by atoms with Gasteiger partial charge in [-0.25, -0.2) is 9.97 Å². The lowest BCUT2D eigenvalue weighted by molar-refractivity contribution is -0.125. The zero-order chi connectivity index (χ0) is 15.4. The van der Waals surface area contributed by atoms with E-state index in [0.29, 0.717) is 6.01 Å². The molecule has 0 atom stereocenters. The van der Waals surface area contributed by atoms with Gasteiger partial charge in [-0.05, 0) is 45.6 Å². The molecule has 0 bridgehead atoms.